The van der Waals surface area contributed by atoms with Crippen LogP contribution >= 0.6 is 0 Å². The van der Waals surface area contributed by atoms with E-state index in [1.807, 2.05) is 11.9 Å². The van der Waals surface area contributed by atoms with Crippen molar-refractivity contribution in [2.45, 2.75) is 51.0 Å². The summed E-state index contributed by atoms with van der Waals surface area (Å²) in [6.07, 6.45) is 3.53. The number of aryl methyl sites for hydroxylation is 1. The molecule has 0 saturated carbocycles. The van der Waals surface area contributed by atoms with Gasteiger partial charge in [0, 0.05) is 67.9 Å². The second-order valence-electron chi connectivity index (χ2n) is 12.9. The predicted octanol–water partition coefficient (Wildman–Crippen LogP) is 4.77. The summed E-state index contributed by atoms with van der Waals surface area (Å²) in [4.78, 5) is 34.4. The number of fused-ring (bicyclic) bond motifs is 2. The van der Waals surface area contributed by atoms with Gasteiger partial charge in [0.05, 0.1) is 12.2 Å². The maximum Gasteiger partial charge on any atom is 0.318 e. The zero-order chi connectivity index (χ0) is 32.4. The van der Waals surface area contributed by atoms with Crippen LogP contribution in [0.1, 0.15) is 30.2 Å². The molecule has 0 aliphatic carbocycles. The lowest BCUT2D eigenvalue weighted by Crippen LogP contribution is -2.56. The minimum Gasteiger partial charge on any atom is -0.462 e. The van der Waals surface area contributed by atoms with E-state index >= 15 is 0 Å². The summed E-state index contributed by atoms with van der Waals surface area (Å²) in [5.74, 6) is 0.464. The number of rotatable bonds is 8. The topological polar surface area (TPSA) is 69.4 Å². The summed E-state index contributed by atoms with van der Waals surface area (Å²) >= 11 is 0. The van der Waals surface area contributed by atoms with Gasteiger partial charge in [-0.25, -0.2) is 15.4 Å². The number of halogens is 2. The highest BCUT2D eigenvalue weighted by Gasteiger charge is 2.40. The third kappa shape index (κ3) is 6.49. The van der Waals surface area contributed by atoms with E-state index < -0.39 is 12.3 Å². The molecule has 1 aromatic heterocycles. The van der Waals surface area contributed by atoms with Gasteiger partial charge in [0.15, 0.2) is 0 Å². The Morgan fingerprint density at radius 1 is 1.15 bits per heavy atom. The molecule has 4 heterocycles. The van der Waals surface area contributed by atoms with Gasteiger partial charge in [0.1, 0.15) is 30.8 Å². The van der Waals surface area contributed by atoms with Crippen LogP contribution in [0, 0.1) is 13.5 Å². The molecule has 0 bridgehead atoms. The van der Waals surface area contributed by atoms with Crippen molar-refractivity contribution in [1.82, 2.24) is 19.8 Å². The third-order valence-electron chi connectivity index (χ3n) is 9.44. The van der Waals surface area contributed by atoms with Crippen LogP contribution in [0.5, 0.6) is 6.01 Å². The summed E-state index contributed by atoms with van der Waals surface area (Å²) in [5, 5.41) is 2.41. The van der Waals surface area contributed by atoms with Crippen molar-refractivity contribution in [3.05, 3.63) is 76.8 Å². The molecule has 2 aromatic carbocycles. The number of likely N-dealkylation sites (N-methyl/N-ethyl adjacent to an activating group) is 1. The fourth-order valence-corrected chi connectivity index (χ4v) is 7.25. The number of alkyl halides is 2. The van der Waals surface area contributed by atoms with Crippen molar-refractivity contribution in [1.29, 1.82) is 0 Å². The van der Waals surface area contributed by atoms with Gasteiger partial charge in [0.2, 0.25) is 12.5 Å². The number of ether oxygens (including phenoxy) is 1. The van der Waals surface area contributed by atoms with Gasteiger partial charge in [-0.2, -0.15) is 9.97 Å². The van der Waals surface area contributed by atoms with E-state index in [4.69, 9.17) is 21.3 Å². The van der Waals surface area contributed by atoms with E-state index in [9.17, 15) is 13.6 Å². The van der Waals surface area contributed by atoms with Crippen LogP contribution in [0.2, 0.25) is 0 Å². The van der Waals surface area contributed by atoms with Gasteiger partial charge in [-0.05, 0) is 50.4 Å². The number of piperazine rings is 1. The summed E-state index contributed by atoms with van der Waals surface area (Å²) < 4.78 is 33.7. The van der Waals surface area contributed by atoms with Crippen LogP contribution in [0.15, 0.2) is 48.6 Å². The Labute approximate surface area is 269 Å². The molecule has 3 aliphatic rings. The maximum absolute atomic E-state index is 14.8. The van der Waals surface area contributed by atoms with E-state index in [0.717, 1.165) is 29.3 Å². The number of allylic oxidation sites excluding steroid dienone is 1. The number of anilines is 2. The molecule has 0 N–H and O–H groups in total. The SMILES string of the molecule is [C-]#[N+]C[C@H]1CN(c2nc(OC[C@@H]3CC(C)(F)CN3C)nc3c2CCN(c2cccc4cccc(C)c24)C3)CCN1C(=O)/C=C/CF. The first-order valence-corrected chi connectivity index (χ1v) is 15.9. The number of nitrogens with zero attached hydrogens (tertiary/aromatic N) is 7. The summed E-state index contributed by atoms with van der Waals surface area (Å²) in [7, 11) is 1.91. The normalized spacial score (nSPS) is 23.6. The number of hydrogen-bond donors (Lipinski definition) is 0. The molecule has 2 fully saturated rings. The number of amides is 1. The van der Waals surface area contributed by atoms with Crippen LogP contribution in [-0.2, 0) is 17.8 Å². The average Bonchev–Trinajstić information content (AvgIpc) is 3.32. The van der Waals surface area contributed by atoms with Crippen molar-refractivity contribution in [3.8, 4) is 6.01 Å². The molecule has 3 aliphatic heterocycles. The van der Waals surface area contributed by atoms with E-state index in [-0.39, 0.29) is 37.2 Å². The van der Waals surface area contributed by atoms with E-state index in [2.05, 4.69) is 58.0 Å². The summed E-state index contributed by atoms with van der Waals surface area (Å²) in [6, 6.07) is 12.5. The molecule has 0 spiro atoms. The molecule has 1 unspecified atom stereocenters. The van der Waals surface area contributed by atoms with Gasteiger partial charge < -0.3 is 24.3 Å². The second-order valence-corrected chi connectivity index (χ2v) is 12.9. The van der Waals surface area contributed by atoms with E-state index in [0.29, 0.717) is 45.6 Å². The minimum atomic E-state index is -1.27. The van der Waals surface area contributed by atoms with E-state index in [1.165, 1.54) is 28.5 Å². The number of carbonyl (C=O) groups is 1. The predicted molar refractivity (Wildman–Crippen MR) is 176 cm³/mol. The molecular formula is C35H41F2N7O2. The molecular weight excluding hydrogens is 588 g/mol. The smallest absolute Gasteiger partial charge is 0.318 e. The first-order chi connectivity index (χ1) is 22.2. The van der Waals surface area contributed by atoms with Gasteiger partial charge in [-0.15, -0.1) is 0 Å². The Bertz CT molecular complexity index is 1670. The van der Waals surface area contributed by atoms with Crippen LogP contribution in [0.3, 0.4) is 0 Å². The quantitative estimate of drug-likeness (QED) is 0.263. The molecule has 11 heteroatoms. The Balaban J connectivity index is 1.32. The Morgan fingerprint density at radius 2 is 1.96 bits per heavy atom. The highest BCUT2D eigenvalue weighted by Crippen LogP contribution is 2.36. The Hall–Kier alpha value is -4.30. The van der Waals surface area contributed by atoms with Gasteiger partial charge in [-0.3, -0.25) is 9.69 Å². The zero-order valence-electron chi connectivity index (χ0n) is 26.8. The van der Waals surface area contributed by atoms with Crippen LogP contribution in [0.25, 0.3) is 15.6 Å². The molecule has 46 heavy (non-hydrogen) atoms. The van der Waals surface area contributed by atoms with Crippen molar-refractivity contribution in [3.63, 3.8) is 0 Å². The van der Waals surface area contributed by atoms with Crippen molar-refractivity contribution in [2.24, 2.45) is 0 Å². The first-order valence-electron chi connectivity index (χ1n) is 15.9. The lowest BCUT2D eigenvalue weighted by Gasteiger charge is -2.41. The monoisotopic (exact) mass is 629 g/mol. The number of hydrogen-bond acceptors (Lipinski definition) is 7. The van der Waals surface area contributed by atoms with Crippen LogP contribution in [-0.4, -0.2) is 103 Å². The van der Waals surface area contributed by atoms with Gasteiger partial charge >= 0.3 is 6.01 Å². The van der Waals surface area contributed by atoms with Gasteiger partial charge in [-0.1, -0.05) is 30.3 Å². The third-order valence-corrected chi connectivity index (χ3v) is 9.44. The minimum absolute atomic E-state index is 0.0942. The first kappa shape index (κ1) is 31.7. The number of likely N-dealkylation sites (tertiary alicyclic amines) is 1. The average molecular weight is 630 g/mol. The van der Waals surface area contributed by atoms with Crippen molar-refractivity contribution >= 4 is 28.2 Å². The summed E-state index contributed by atoms with van der Waals surface area (Å²) in [5.41, 5.74) is 3.01. The zero-order valence-corrected chi connectivity index (χ0v) is 26.8. The summed E-state index contributed by atoms with van der Waals surface area (Å²) in [6.45, 7) is 14.0. The van der Waals surface area contributed by atoms with E-state index in [1.54, 1.807) is 11.8 Å². The molecule has 6 rings (SSSR count). The molecule has 3 aromatic rings. The Morgan fingerprint density at radius 3 is 2.70 bits per heavy atom. The van der Waals surface area contributed by atoms with Crippen molar-refractivity contribution < 1.29 is 18.3 Å². The molecule has 0 radical (unpaired) electrons. The molecule has 242 valence electrons. The highest BCUT2D eigenvalue weighted by molar-refractivity contribution is 5.97. The number of aromatic nitrogens is 2. The number of carbonyl (C=O) groups excluding carboxylic acids is 1. The largest absolute Gasteiger partial charge is 0.462 e. The molecule has 9 nitrogen and oxygen atoms in total. The molecule has 1 amide bonds. The van der Waals surface area contributed by atoms with Crippen molar-refractivity contribution in [2.75, 3.05) is 69.4 Å². The molecule has 2 saturated heterocycles. The standard InChI is InChI=1S/C35H41F2N7O2/c1-24-8-5-9-25-10-6-11-30(32(24)25)42-15-13-28-29(21-42)39-34(46-22-26-18-35(2,37)23-41(26)4)40-33(28)43-16-17-44(27(20-43)19-38-3)31(45)12-7-14-36/h5-12,26-27H,13-23H2,1-2,4H3/b12-7+/t26-,27-,35?/m0/s1. The maximum atomic E-state index is 14.8. The fourth-order valence-electron chi connectivity index (χ4n) is 7.25. The van der Waals surface area contributed by atoms with Crippen LogP contribution < -0.4 is 14.5 Å². The van der Waals surface area contributed by atoms with Gasteiger partial charge in [0.25, 0.3) is 0 Å². The fraction of sp³-hybridized carbons (Fsp3) is 0.486. The number of benzene rings is 2. The Kier molecular flexibility index (Phi) is 9.09. The lowest BCUT2D eigenvalue weighted by molar-refractivity contribution is -0.128. The lowest BCUT2D eigenvalue weighted by atomic mass is 9.99. The highest BCUT2D eigenvalue weighted by atomic mass is 19.1. The van der Waals surface area contributed by atoms with Crippen LogP contribution in [0.4, 0.5) is 20.3 Å². The second kappa shape index (κ2) is 13.2. The molecule has 3 atom stereocenters.